The Kier molecular flexibility index (Phi) is 5.92. The number of amides is 1. The molecule has 0 spiro atoms. The van der Waals surface area contributed by atoms with Gasteiger partial charge in [0.1, 0.15) is 0 Å². The van der Waals surface area contributed by atoms with Crippen molar-refractivity contribution in [3.05, 3.63) is 59.7 Å². The quantitative estimate of drug-likeness (QED) is 0.650. The number of carbonyl (C=O) groups is 2. The van der Waals surface area contributed by atoms with Crippen LogP contribution in [0.1, 0.15) is 22.3 Å². The molecule has 1 amide bonds. The van der Waals surface area contributed by atoms with E-state index < -0.39 is 5.97 Å². The van der Waals surface area contributed by atoms with E-state index in [2.05, 4.69) is 5.32 Å². The van der Waals surface area contributed by atoms with Gasteiger partial charge in [0.15, 0.2) is 11.5 Å². The van der Waals surface area contributed by atoms with Crippen molar-refractivity contribution >= 4 is 11.9 Å². The maximum Gasteiger partial charge on any atom is 0.313 e. The zero-order valence-corrected chi connectivity index (χ0v) is 13.1. The third kappa shape index (κ3) is 4.58. The molecule has 2 aromatic carbocycles. The van der Waals surface area contributed by atoms with Crippen molar-refractivity contribution < 1.29 is 19.1 Å². The lowest BCUT2D eigenvalue weighted by molar-refractivity contribution is -0.134. The number of ether oxygens (including phenoxy) is 2. The summed E-state index contributed by atoms with van der Waals surface area (Å²) in [7, 11) is 1.42. The van der Waals surface area contributed by atoms with Crippen LogP contribution in [0.15, 0.2) is 48.5 Å². The Morgan fingerprint density at radius 3 is 2.54 bits per heavy atom. The highest BCUT2D eigenvalue weighted by molar-refractivity contribution is 5.94. The zero-order chi connectivity index (χ0) is 17.4. The van der Waals surface area contributed by atoms with Crippen LogP contribution in [0.3, 0.4) is 0 Å². The monoisotopic (exact) mass is 324 g/mol. The van der Waals surface area contributed by atoms with Crippen LogP contribution in [0.4, 0.5) is 0 Å². The van der Waals surface area contributed by atoms with E-state index in [1.807, 2.05) is 12.1 Å². The lowest BCUT2D eigenvalue weighted by Crippen LogP contribution is -2.27. The Labute approximate surface area is 139 Å². The lowest BCUT2D eigenvalue weighted by Gasteiger charge is -2.09. The number of hydrogen-bond donors (Lipinski definition) is 1. The van der Waals surface area contributed by atoms with Gasteiger partial charge >= 0.3 is 5.97 Å². The van der Waals surface area contributed by atoms with Crippen LogP contribution in [0.25, 0.3) is 0 Å². The van der Waals surface area contributed by atoms with Crippen LogP contribution in [0.2, 0.25) is 0 Å². The van der Waals surface area contributed by atoms with Crippen LogP contribution >= 0.6 is 0 Å². The second kappa shape index (κ2) is 8.34. The van der Waals surface area contributed by atoms with Crippen LogP contribution < -0.4 is 14.8 Å². The van der Waals surface area contributed by atoms with Gasteiger partial charge in [0.25, 0.3) is 5.91 Å². The highest BCUT2D eigenvalue weighted by Gasteiger charge is 2.12. The predicted octanol–water partition coefficient (Wildman–Crippen LogP) is 2.29. The Balaban J connectivity index is 1.86. The van der Waals surface area contributed by atoms with Crippen molar-refractivity contribution in [2.45, 2.75) is 6.42 Å². The summed E-state index contributed by atoms with van der Waals surface area (Å²) in [6.45, 7) is 0.158. The number of benzene rings is 2. The fraction of sp³-hybridized carbons (Fsp3) is 0.167. The number of hydrogen-bond acceptors (Lipinski definition) is 5. The first-order chi connectivity index (χ1) is 11.6. The average Bonchev–Trinajstić information content (AvgIpc) is 2.62. The average molecular weight is 324 g/mol. The molecule has 0 fully saturated rings. The Morgan fingerprint density at radius 1 is 1.12 bits per heavy atom. The summed E-state index contributed by atoms with van der Waals surface area (Å²) in [6, 6.07) is 15.2. The molecule has 2 rings (SSSR count). The highest BCUT2D eigenvalue weighted by atomic mass is 16.6. The van der Waals surface area contributed by atoms with Crippen LogP contribution in [-0.4, -0.2) is 25.5 Å². The number of methoxy groups -OCH3 is 1. The van der Waals surface area contributed by atoms with Gasteiger partial charge in [0.2, 0.25) is 0 Å². The summed E-state index contributed by atoms with van der Waals surface area (Å²) in [5.41, 5.74) is 0.932. The fourth-order valence-corrected chi connectivity index (χ4v) is 1.96. The first-order valence-electron chi connectivity index (χ1n) is 7.26. The van der Waals surface area contributed by atoms with Crippen LogP contribution in [0, 0.1) is 11.3 Å². The first kappa shape index (κ1) is 17.0. The molecule has 0 saturated carbocycles. The van der Waals surface area contributed by atoms with Crippen molar-refractivity contribution in [3.8, 4) is 17.6 Å². The van der Waals surface area contributed by atoms with Gasteiger partial charge in [0, 0.05) is 18.2 Å². The third-order valence-electron chi connectivity index (χ3n) is 3.17. The minimum absolute atomic E-state index is 0.0156. The molecule has 6 heteroatoms. The van der Waals surface area contributed by atoms with E-state index in [0.29, 0.717) is 16.9 Å². The molecule has 0 radical (unpaired) electrons. The molecule has 0 bridgehead atoms. The molecule has 1 N–H and O–H groups in total. The minimum atomic E-state index is -0.508. The molecule has 0 aromatic heterocycles. The predicted molar refractivity (Wildman–Crippen MR) is 86.7 cm³/mol. The second-order valence-electron chi connectivity index (χ2n) is 4.82. The van der Waals surface area contributed by atoms with E-state index in [1.54, 1.807) is 24.3 Å². The summed E-state index contributed by atoms with van der Waals surface area (Å²) in [6.07, 6.45) is 0.0156. The molecule has 0 unspecified atom stereocenters. The van der Waals surface area contributed by atoms with E-state index in [4.69, 9.17) is 14.7 Å². The number of carbonyl (C=O) groups excluding carboxylic acids is 2. The molecule has 0 atom stereocenters. The largest absolute Gasteiger partial charge is 0.493 e. The molecule has 24 heavy (non-hydrogen) atoms. The normalized spacial score (nSPS) is 9.67. The van der Waals surface area contributed by atoms with Gasteiger partial charge in [-0.15, -0.1) is 0 Å². The van der Waals surface area contributed by atoms with E-state index in [-0.39, 0.29) is 24.6 Å². The number of rotatable bonds is 6. The highest BCUT2D eigenvalue weighted by Crippen LogP contribution is 2.28. The van der Waals surface area contributed by atoms with Gasteiger partial charge in [-0.2, -0.15) is 5.26 Å². The number of nitrogens with zero attached hydrogens (tertiary/aromatic N) is 1. The smallest absolute Gasteiger partial charge is 0.313 e. The molecular weight excluding hydrogens is 308 g/mol. The van der Waals surface area contributed by atoms with E-state index in [9.17, 15) is 9.59 Å². The molecule has 122 valence electrons. The second-order valence-corrected chi connectivity index (χ2v) is 4.82. The SMILES string of the molecule is COc1cc(C#N)ccc1OC(=O)CCNC(=O)c1ccccc1. The van der Waals surface area contributed by atoms with Crippen LogP contribution in [-0.2, 0) is 4.79 Å². The Hall–Kier alpha value is -3.33. The maximum atomic E-state index is 11.9. The van der Waals surface area contributed by atoms with Gasteiger partial charge < -0.3 is 14.8 Å². The van der Waals surface area contributed by atoms with Gasteiger partial charge in [-0.3, -0.25) is 9.59 Å². The van der Waals surface area contributed by atoms with Crippen molar-refractivity contribution in [2.75, 3.05) is 13.7 Å². The molecule has 0 aliphatic heterocycles. The standard InChI is InChI=1S/C18H16N2O4/c1-23-16-11-13(12-19)7-8-15(16)24-17(21)9-10-20-18(22)14-5-3-2-4-6-14/h2-8,11H,9-10H2,1H3,(H,20,22). The third-order valence-corrected chi connectivity index (χ3v) is 3.17. The lowest BCUT2D eigenvalue weighted by atomic mass is 10.2. The molecule has 2 aromatic rings. The van der Waals surface area contributed by atoms with Gasteiger partial charge in [-0.05, 0) is 24.3 Å². The van der Waals surface area contributed by atoms with Crippen molar-refractivity contribution in [1.82, 2.24) is 5.32 Å². The summed E-state index contributed by atoms with van der Waals surface area (Å²) < 4.78 is 10.3. The topological polar surface area (TPSA) is 88.4 Å². The van der Waals surface area contributed by atoms with Gasteiger partial charge in [-0.1, -0.05) is 18.2 Å². The van der Waals surface area contributed by atoms with Crippen molar-refractivity contribution in [1.29, 1.82) is 5.26 Å². The van der Waals surface area contributed by atoms with Crippen LogP contribution in [0.5, 0.6) is 11.5 Å². The van der Waals surface area contributed by atoms with Crippen molar-refractivity contribution in [2.24, 2.45) is 0 Å². The summed E-state index contributed by atoms with van der Waals surface area (Å²) in [5.74, 6) is -0.225. The van der Waals surface area contributed by atoms with E-state index in [1.165, 1.54) is 25.3 Å². The molecule has 0 aliphatic rings. The zero-order valence-electron chi connectivity index (χ0n) is 13.1. The van der Waals surface area contributed by atoms with Gasteiger partial charge in [0.05, 0.1) is 25.2 Å². The summed E-state index contributed by atoms with van der Waals surface area (Å²) in [4.78, 5) is 23.7. The molecule has 0 saturated heterocycles. The first-order valence-corrected chi connectivity index (χ1v) is 7.26. The number of nitrogens with one attached hydrogen (secondary N) is 1. The number of esters is 1. The van der Waals surface area contributed by atoms with Gasteiger partial charge in [-0.25, -0.2) is 0 Å². The summed E-state index contributed by atoms with van der Waals surface area (Å²) in [5, 5.41) is 11.5. The molecule has 6 nitrogen and oxygen atoms in total. The fourth-order valence-electron chi connectivity index (χ4n) is 1.96. The Morgan fingerprint density at radius 2 is 1.88 bits per heavy atom. The van der Waals surface area contributed by atoms with Crippen molar-refractivity contribution in [3.63, 3.8) is 0 Å². The maximum absolute atomic E-state index is 11.9. The summed E-state index contributed by atoms with van der Waals surface area (Å²) >= 11 is 0. The Bertz CT molecular complexity index is 766. The molecule has 0 heterocycles. The molecular formula is C18H16N2O4. The minimum Gasteiger partial charge on any atom is -0.493 e. The molecule has 0 aliphatic carbocycles. The number of nitriles is 1. The van der Waals surface area contributed by atoms with E-state index in [0.717, 1.165) is 0 Å². The van der Waals surface area contributed by atoms with E-state index >= 15 is 0 Å².